The fourth-order valence-corrected chi connectivity index (χ4v) is 4.42. The minimum atomic E-state index is -0.745. The summed E-state index contributed by atoms with van der Waals surface area (Å²) in [4.78, 5) is 29.9. The van der Waals surface area contributed by atoms with Crippen molar-refractivity contribution in [2.45, 2.75) is 19.4 Å². The van der Waals surface area contributed by atoms with Gasteiger partial charge in [0.05, 0.1) is 31.4 Å². The highest BCUT2D eigenvalue weighted by Crippen LogP contribution is 2.40. The number of nitrogens with zero attached hydrogens (tertiary/aromatic N) is 2. The quantitative estimate of drug-likeness (QED) is 0.364. The van der Waals surface area contributed by atoms with E-state index in [1.807, 2.05) is 6.92 Å². The largest absolute Gasteiger partial charge is 0.507 e. The Morgan fingerprint density at radius 1 is 1.06 bits per heavy atom. The van der Waals surface area contributed by atoms with Gasteiger partial charge in [-0.25, -0.2) is 4.39 Å². The van der Waals surface area contributed by atoms with Gasteiger partial charge in [0.25, 0.3) is 11.7 Å². The van der Waals surface area contributed by atoms with Crippen molar-refractivity contribution >= 4 is 17.4 Å². The normalized spacial score (nSPS) is 20.6. The Morgan fingerprint density at radius 3 is 2.38 bits per heavy atom. The van der Waals surface area contributed by atoms with Gasteiger partial charge in [0.2, 0.25) is 0 Å². The lowest BCUT2D eigenvalue weighted by atomic mass is 9.95. The Bertz CT molecular complexity index is 1050. The number of aliphatic hydroxyl groups excluding tert-OH is 1. The van der Waals surface area contributed by atoms with Crippen LogP contribution in [0.5, 0.6) is 5.75 Å². The second-order valence-electron chi connectivity index (χ2n) is 8.31. The van der Waals surface area contributed by atoms with E-state index in [0.717, 1.165) is 19.6 Å². The van der Waals surface area contributed by atoms with E-state index < -0.39 is 23.5 Å². The molecule has 2 aromatic rings. The summed E-state index contributed by atoms with van der Waals surface area (Å²) in [5.74, 6) is -1.48. The Balaban J connectivity index is 1.66. The lowest BCUT2D eigenvalue weighted by Gasteiger charge is -2.29. The second-order valence-corrected chi connectivity index (χ2v) is 8.31. The molecule has 4 rings (SSSR count). The molecule has 2 aliphatic heterocycles. The molecule has 1 amide bonds. The predicted molar refractivity (Wildman–Crippen MR) is 125 cm³/mol. The van der Waals surface area contributed by atoms with E-state index in [-0.39, 0.29) is 16.9 Å². The molecule has 0 aromatic heterocycles. The number of morpholine rings is 1. The van der Waals surface area contributed by atoms with E-state index in [1.54, 1.807) is 24.3 Å². The second kappa shape index (κ2) is 10.8. The highest BCUT2D eigenvalue weighted by atomic mass is 19.1. The molecule has 2 aliphatic rings. The molecule has 8 heteroatoms. The summed E-state index contributed by atoms with van der Waals surface area (Å²) in [5.41, 5.74) is 0.980. The molecule has 2 fully saturated rings. The number of amides is 1. The maximum absolute atomic E-state index is 13.4. The van der Waals surface area contributed by atoms with Gasteiger partial charge >= 0.3 is 0 Å². The number of ether oxygens (including phenoxy) is 2. The minimum Gasteiger partial charge on any atom is -0.507 e. The van der Waals surface area contributed by atoms with Crippen LogP contribution in [0.4, 0.5) is 4.39 Å². The molecule has 0 bridgehead atoms. The van der Waals surface area contributed by atoms with Crippen LogP contribution in [0.25, 0.3) is 5.76 Å². The number of hydrogen-bond donors (Lipinski definition) is 1. The number of aliphatic hydroxyl groups is 1. The van der Waals surface area contributed by atoms with E-state index >= 15 is 0 Å². The molecule has 0 aliphatic carbocycles. The molecule has 1 N–H and O–H groups in total. The first kappa shape index (κ1) is 23.9. The highest BCUT2D eigenvalue weighted by Gasteiger charge is 2.45. The zero-order valence-electron chi connectivity index (χ0n) is 19.2. The van der Waals surface area contributed by atoms with Crippen LogP contribution in [0.2, 0.25) is 0 Å². The van der Waals surface area contributed by atoms with Crippen LogP contribution in [0.1, 0.15) is 30.5 Å². The van der Waals surface area contributed by atoms with E-state index in [4.69, 9.17) is 9.47 Å². The monoisotopic (exact) mass is 468 g/mol. The van der Waals surface area contributed by atoms with Crippen LogP contribution in [-0.4, -0.2) is 72.6 Å². The van der Waals surface area contributed by atoms with Gasteiger partial charge in [-0.15, -0.1) is 0 Å². The number of carbonyl (C=O) groups excluding carboxylic acids is 2. The Labute approximate surface area is 198 Å². The van der Waals surface area contributed by atoms with Gasteiger partial charge in [-0.2, -0.15) is 0 Å². The number of rotatable bonds is 8. The summed E-state index contributed by atoms with van der Waals surface area (Å²) in [7, 11) is 0. The maximum atomic E-state index is 13.4. The molecule has 0 radical (unpaired) electrons. The summed E-state index contributed by atoms with van der Waals surface area (Å²) >= 11 is 0. The Hall–Kier alpha value is -3.23. The topological polar surface area (TPSA) is 79.3 Å². The van der Waals surface area contributed by atoms with Crippen molar-refractivity contribution in [3.8, 4) is 5.75 Å². The van der Waals surface area contributed by atoms with Gasteiger partial charge in [-0.05, 0) is 55.3 Å². The van der Waals surface area contributed by atoms with E-state index in [1.165, 1.54) is 29.2 Å². The van der Waals surface area contributed by atoms with Crippen molar-refractivity contribution in [2.24, 2.45) is 0 Å². The van der Waals surface area contributed by atoms with Gasteiger partial charge in [-0.1, -0.05) is 12.1 Å². The molecular formula is C26H29FN2O5. The summed E-state index contributed by atoms with van der Waals surface area (Å²) < 4.78 is 24.3. The van der Waals surface area contributed by atoms with Gasteiger partial charge in [-0.3, -0.25) is 14.5 Å². The fourth-order valence-electron chi connectivity index (χ4n) is 4.42. The van der Waals surface area contributed by atoms with Crippen LogP contribution in [-0.2, 0) is 14.3 Å². The SMILES string of the molecule is CCOc1ccc([C@@H]2/C(=C(\O)c3ccc(F)cc3)C(=O)C(=O)N2CCCN2CCOCC2)cc1. The molecule has 1 atom stereocenters. The lowest BCUT2D eigenvalue weighted by molar-refractivity contribution is -0.140. The van der Waals surface area contributed by atoms with Crippen molar-refractivity contribution in [2.75, 3.05) is 46.0 Å². The molecule has 0 unspecified atom stereocenters. The molecule has 34 heavy (non-hydrogen) atoms. The third-order valence-electron chi connectivity index (χ3n) is 6.14. The van der Waals surface area contributed by atoms with Crippen molar-refractivity contribution in [1.29, 1.82) is 0 Å². The summed E-state index contributed by atoms with van der Waals surface area (Å²) in [6, 6.07) is 11.6. The molecular weight excluding hydrogens is 439 g/mol. The number of likely N-dealkylation sites (tertiary alicyclic amines) is 1. The summed E-state index contributed by atoms with van der Waals surface area (Å²) in [5, 5.41) is 11.0. The van der Waals surface area contributed by atoms with Gasteiger partial charge in [0.1, 0.15) is 17.3 Å². The number of benzene rings is 2. The van der Waals surface area contributed by atoms with Gasteiger partial charge in [0.15, 0.2) is 0 Å². The molecule has 180 valence electrons. The van der Waals surface area contributed by atoms with Crippen LogP contribution in [0.15, 0.2) is 54.1 Å². The predicted octanol–water partition coefficient (Wildman–Crippen LogP) is 3.37. The van der Waals surface area contributed by atoms with Crippen LogP contribution in [0, 0.1) is 5.82 Å². The van der Waals surface area contributed by atoms with Crippen LogP contribution in [0.3, 0.4) is 0 Å². The standard InChI is InChI=1S/C26H29FN2O5/c1-2-34-21-10-6-18(7-11-21)23-22(24(30)19-4-8-20(27)9-5-19)25(31)26(32)29(23)13-3-12-28-14-16-33-17-15-28/h4-11,23,30H,2-3,12-17H2,1H3/b24-22+/t23-/m1/s1. The zero-order valence-corrected chi connectivity index (χ0v) is 19.2. The smallest absolute Gasteiger partial charge is 0.295 e. The maximum Gasteiger partial charge on any atom is 0.295 e. The average Bonchev–Trinajstić information content (AvgIpc) is 3.10. The number of Topliss-reactive ketones (excluding diaryl/α,β-unsaturated/α-hetero) is 1. The minimum absolute atomic E-state index is 0.00661. The van der Waals surface area contributed by atoms with Crippen molar-refractivity contribution in [3.63, 3.8) is 0 Å². The van der Waals surface area contributed by atoms with E-state index in [9.17, 15) is 19.1 Å². The van der Waals surface area contributed by atoms with Crippen molar-refractivity contribution < 1.29 is 28.6 Å². The third kappa shape index (κ3) is 5.13. The van der Waals surface area contributed by atoms with Crippen molar-refractivity contribution in [3.05, 3.63) is 71.0 Å². The van der Waals surface area contributed by atoms with E-state index in [2.05, 4.69) is 4.90 Å². The van der Waals surface area contributed by atoms with Gasteiger partial charge in [0, 0.05) is 31.7 Å². The fraction of sp³-hybridized carbons (Fsp3) is 0.385. The first-order valence-corrected chi connectivity index (χ1v) is 11.6. The van der Waals surface area contributed by atoms with Crippen LogP contribution < -0.4 is 4.74 Å². The van der Waals surface area contributed by atoms with Gasteiger partial charge < -0.3 is 19.5 Å². The number of halogens is 1. The summed E-state index contributed by atoms with van der Waals surface area (Å²) in [6.45, 7) is 6.60. The van der Waals surface area contributed by atoms with E-state index in [0.29, 0.717) is 44.1 Å². The lowest BCUT2D eigenvalue weighted by Crippen LogP contribution is -2.38. The first-order valence-electron chi connectivity index (χ1n) is 11.6. The summed E-state index contributed by atoms with van der Waals surface area (Å²) in [6.07, 6.45) is 0.678. The highest BCUT2D eigenvalue weighted by molar-refractivity contribution is 6.46. The number of ketones is 1. The number of hydrogen-bond acceptors (Lipinski definition) is 6. The molecule has 0 saturated carbocycles. The van der Waals surface area contributed by atoms with Crippen LogP contribution >= 0.6 is 0 Å². The molecule has 2 heterocycles. The number of carbonyl (C=O) groups is 2. The first-order chi connectivity index (χ1) is 16.5. The third-order valence-corrected chi connectivity index (χ3v) is 6.14. The molecule has 0 spiro atoms. The average molecular weight is 469 g/mol. The molecule has 7 nitrogen and oxygen atoms in total. The molecule has 2 aromatic carbocycles. The Kier molecular flexibility index (Phi) is 7.59. The van der Waals surface area contributed by atoms with Crippen molar-refractivity contribution in [1.82, 2.24) is 9.80 Å². The Morgan fingerprint density at radius 2 is 1.74 bits per heavy atom. The zero-order chi connectivity index (χ0) is 24.1. The molecule has 2 saturated heterocycles.